The summed E-state index contributed by atoms with van der Waals surface area (Å²) in [5.41, 5.74) is 0.747. The number of rotatable bonds is 8. The average molecular weight is 318 g/mol. The molecule has 0 fully saturated rings. The van der Waals surface area contributed by atoms with Crippen LogP contribution >= 0.6 is 0 Å². The maximum atomic E-state index is 12.6. The Bertz CT molecular complexity index is 472. The van der Waals surface area contributed by atoms with Crippen LogP contribution in [0.1, 0.15) is 55.6 Å². The van der Waals surface area contributed by atoms with Crippen LogP contribution in [0.2, 0.25) is 0 Å². The van der Waals surface area contributed by atoms with Crippen LogP contribution in [0.3, 0.4) is 0 Å². The molecule has 22 heavy (non-hydrogen) atoms. The molecule has 1 amide bonds. The molecule has 0 unspecified atom stereocenters. The lowest BCUT2D eigenvalue weighted by Crippen LogP contribution is -2.33. The Morgan fingerprint density at radius 1 is 1.18 bits per heavy atom. The minimum Gasteiger partial charge on any atom is -0.342 e. The first-order chi connectivity index (χ1) is 10.3. The zero-order valence-corrected chi connectivity index (χ0v) is 13.5. The van der Waals surface area contributed by atoms with Gasteiger partial charge in [-0.3, -0.25) is 4.79 Å². The van der Waals surface area contributed by atoms with E-state index in [2.05, 4.69) is 0 Å². The van der Waals surface area contributed by atoms with Crippen molar-refractivity contribution in [1.82, 2.24) is 9.47 Å². The Morgan fingerprint density at radius 3 is 2.18 bits per heavy atom. The molecule has 0 aliphatic rings. The standard InChI is InChI=1S/C16H25F3N2O/c1-4-6-9-20(10-7-5-2)15(22)14-8-11-21(13(14)3)12-16(17,18)19/h8,11H,4-7,9-10,12H2,1-3H3. The molecule has 0 spiro atoms. The van der Waals surface area contributed by atoms with E-state index in [4.69, 9.17) is 0 Å². The second kappa shape index (κ2) is 8.25. The van der Waals surface area contributed by atoms with Crippen LogP contribution < -0.4 is 0 Å². The van der Waals surface area contributed by atoms with Gasteiger partial charge in [0.2, 0.25) is 0 Å². The maximum Gasteiger partial charge on any atom is 0.406 e. The fourth-order valence-corrected chi connectivity index (χ4v) is 2.33. The number of hydrogen-bond donors (Lipinski definition) is 0. The Morgan fingerprint density at radius 2 is 1.73 bits per heavy atom. The van der Waals surface area contributed by atoms with Crippen molar-refractivity contribution >= 4 is 5.91 Å². The molecule has 0 aromatic carbocycles. The van der Waals surface area contributed by atoms with Gasteiger partial charge in [0.25, 0.3) is 5.91 Å². The summed E-state index contributed by atoms with van der Waals surface area (Å²) in [6.07, 6.45) is 0.811. The Kier molecular flexibility index (Phi) is 6.97. The van der Waals surface area contributed by atoms with Crippen molar-refractivity contribution in [3.8, 4) is 0 Å². The van der Waals surface area contributed by atoms with Crippen molar-refractivity contribution in [2.75, 3.05) is 13.1 Å². The fraction of sp³-hybridized carbons (Fsp3) is 0.688. The highest BCUT2D eigenvalue weighted by Crippen LogP contribution is 2.21. The summed E-state index contributed by atoms with van der Waals surface area (Å²) in [6.45, 7) is 5.91. The number of aromatic nitrogens is 1. The van der Waals surface area contributed by atoms with Crippen molar-refractivity contribution in [1.29, 1.82) is 0 Å². The van der Waals surface area contributed by atoms with E-state index in [9.17, 15) is 18.0 Å². The normalized spacial score (nSPS) is 11.7. The van der Waals surface area contributed by atoms with Gasteiger partial charge in [0, 0.05) is 25.0 Å². The van der Waals surface area contributed by atoms with Gasteiger partial charge in [0.1, 0.15) is 6.54 Å². The number of carbonyl (C=O) groups excluding carboxylic acids is 1. The number of unbranched alkanes of at least 4 members (excludes halogenated alkanes) is 2. The van der Waals surface area contributed by atoms with Crippen LogP contribution in [0.15, 0.2) is 12.3 Å². The fourth-order valence-electron chi connectivity index (χ4n) is 2.33. The number of amides is 1. The molecular formula is C16H25F3N2O. The van der Waals surface area contributed by atoms with Gasteiger partial charge in [-0.2, -0.15) is 13.2 Å². The Labute approximate surface area is 130 Å². The SMILES string of the molecule is CCCCN(CCCC)C(=O)c1ccn(CC(F)(F)F)c1C. The zero-order valence-electron chi connectivity index (χ0n) is 13.5. The van der Waals surface area contributed by atoms with Crippen LogP contribution in [0.25, 0.3) is 0 Å². The molecule has 1 aromatic rings. The van der Waals surface area contributed by atoms with Gasteiger partial charge >= 0.3 is 6.18 Å². The monoisotopic (exact) mass is 318 g/mol. The molecule has 0 atom stereocenters. The first-order valence-corrected chi connectivity index (χ1v) is 7.81. The lowest BCUT2D eigenvalue weighted by Gasteiger charge is -2.22. The minimum atomic E-state index is -4.28. The Balaban J connectivity index is 2.89. The molecule has 0 bridgehead atoms. The minimum absolute atomic E-state index is 0.166. The largest absolute Gasteiger partial charge is 0.406 e. The summed E-state index contributed by atoms with van der Waals surface area (Å²) in [5, 5.41) is 0. The summed E-state index contributed by atoms with van der Waals surface area (Å²) in [5.74, 6) is -0.166. The molecule has 0 saturated carbocycles. The maximum absolute atomic E-state index is 12.6. The second-order valence-corrected chi connectivity index (χ2v) is 5.56. The van der Waals surface area contributed by atoms with Crippen molar-refractivity contribution in [3.05, 3.63) is 23.5 Å². The molecule has 1 heterocycles. The van der Waals surface area contributed by atoms with Gasteiger partial charge in [-0.1, -0.05) is 26.7 Å². The quantitative estimate of drug-likeness (QED) is 0.697. The van der Waals surface area contributed by atoms with Gasteiger partial charge in [0.05, 0.1) is 5.56 Å². The van der Waals surface area contributed by atoms with E-state index in [0.717, 1.165) is 30.3 Å². The van der Waals surface area contributed by atoms with E-state index in [1.165, 1.54) is 12.3 Å². The van der Waals surface area contributed by atoms with E-state index in [0.29, 0.717) is 24.3 Å². The molecule has 1 rings (SSSR count). The summed E-state index contributed by atoms with van der Waals surface area (Å²) >= 11 is 0. The van der Waals surface area contributed by atoms with E-state index in [-0.39, 0.29) is 5.91 Å². The summed E-state index contributed by atoms with van der Waals surface area (Å²) < 4.78 is 38.6. The van der Waals surface area contributed by atoms with Gasteiger partial charge in [-0.15, -0.1) is 0 Å². The van der Waals surface area contributed by atoms with E-state index < -0.39 is 12.7 Å². The molecule has 0 aliphatic carbocycles. The molecule has 0 radical (unpaired) electrons. The molecular weight excluding hydrogens is 293 g/mol. The predicted octanol–water partition coefficient (Wildman–Crippen LogP) is 4.40. The van der Waals surface area contributed by atoms with Crippen LogP contribution in [0, 0.1) is 6.92 Å². The van der Waals surface area contributed by atoms with Crippen molar-refractivity contribution < 1.29 is 18.0 Å². The summed E-state index contributed by atoms with van der Waals surface area (Å²) in [6, 6.07) is 1.49. The van der Waals surface area contributed by atoms with Gasteiger partial charge < -0.3 is 9.47 Å². The lowest BCUT2D eigenvalue weighted by atomic mass is 10.2. The van der Waals surface area contributed by atoms with Gasteiger partial charge in [0.15, 0.2) is 0 Å². The Hall–Kier alpha value is -1.46. The topological polar surface area (TPSA) is 25.2 Å². The highest BCUT2D eigenvalue weighted by molar-refractivity contribution is 5.95. The summed E-state index contributed by atoms with van der Waals surface area (Å²) in [7, 11) is 0. The molecule has 3 nitrogen and oxygen atoms in total. The number of alkyl halides is 3. The first-order valence-electron chi connectivity index (χ1n) is 7.81. The number of nitrogens with zero attached hydrogens (tertiary/aromatic N) is 2. The molecule has 126 valence electrons. The van der Waals surface area contributed by atoms with Crippen LogP contribution in [0.5, 0.6) is 0 Å². The zero-order chi connectivity index (χ0) is 16.8. The molecule has 0 aliphatic heterocycles. The van der Waals surface area contributed by atoms with Gasteiger partial charge in [-0.05, 0) is 25.8 Å². The molecule has 0 saturated heterocycles. The highest BCUT2D eigenvalue weighted by atomic mass is 19.4. The van der Waals surface area contributed by atoms with Crippen LogP contribution in [-0.4, -0.2) is 34.6 Å². The van der Waals surface area contributed by atoms with Crippen LogP contribution in [-0.2, 0) is 6.54 Å². The molecule has 6 heteroatoms. The highest BCUT2D eigenvalue weighted by Gasteiger charge is 2.29. The molecule has 0 N–H and O–H groups in total. The number of carbonyl (C=O) groups is 1. The van der Waals surface area contributed by atoms with Gasteiger partial charge in [-0.25, -0.2) is 0 Å². The second-order valence-electron chi connectivity index (χ2n) is 5.56. The summed E-state index contributed by atoms with van der Waals surface area (Å²) in [4.78, 5) is 14.3. The third kappa shape index (κ3) is 5.39. The average Bonchev–Trinajstić information content (AvgIpc) is 2.78. The third-order valence-electron chi connectivity index (χ3n) is 3.67. The van der Waals surface area contributed by atoms with Crippen molar-refractivity contribution in [2.45, 2.75) is 59.2 Å². The van der Waals surface area contributed by atoms with Crippen LogP contribution in [0.4, 0.5) is 13.2 Å². The smallest absolute Gasteiger partial charge is 0.342 e. The first kappa shape index (κ1) is 18.6. The number of halogens is 3. The number of hydrogen-bond acceptors (Lipinski definition) is 1. The molecule has 1 aromatic heterocycles. The predicted molar refractivity (Wildman–Crippen MR) is 80.9 cm³/mol. The lowest BCUT2D eigenvalue weighted by molar-refractivity contribution is -0.140. The van der Waals surface area contributed by atoms with E-state index in [1.54, 1.807) is 11.8 Å². The van der Waals surface area contributed by atoms with Crippen molar-refractivity contribution in [2.24, 2.45) is 0 Å². The van der Waals surface area contributed by atoms with E-state index >= 15 is 0 Å². The third-order valence-corrected chi connectivity index (χ3v) is 3.67. The van der Waals surface area contributed by atoms with E-state index in [1.807, 2.05) is 13.8 Å². The van der Waals surface area contributed by atoms with Crippen molar-refractivity contribution in [3.63, 3.8) is 0 Å².